The molecule has 0 aliphatic carbocycles. The maximum atomic E-state index is 13.5. The minimum absolute atomic E-state index is 0.0877. The quantitative estimate of drug-likeness (QED) is 0.107. The monoisotopic (exact) mass is 682 g/mol. The van der Waals surface area contributed by atoms with Gasteiger partial charge in [-0.1, -0.05) is 30.2 Å². The molecular weight excluding hydrogens is 651 g/mol. The third-order valence-corrected chi connectivity index (χ3v) is 11.6. The highest BCUT2D eigenvalue weighted by atomic mass is 35.5. The van der Waals surface area contributed by atoms with E-state index >= 15 is 0 Å². The van der Waals surface area contributed by atoms with Crippen LogP contribution in [0, 0.1) is 17.1 Å². The van der Waals surface area contributed by atoms with Crippen molar-refractivity contribution in [2.24, 2.45) is 0 Å². The maximum absolute atomic E-state index is 13.5. The molecule has 9 nitrogen and oxygen atoms in total. The van der Waals surface area contributed by atoms with Gasteiger partial charge in [-0.25, -0.2) is 12.8 Å². The largest absolute Gasteiger partial charge is 0.492 e. The molecule has 1 atom stereocenters. The maximum Gasteiger partial charge on any atom is 0.224 e. The van der Waals surface area contributed by atoms with Crippen LogP contribution >= 0.6 is 22.4 Å². The Bertz CT molecular complexity index is 1900. The lowest BCUT2D eigenvalue weighted by Crippen LogP contribution is -2.13. The molecular formula is C33H32ClFN4O5S2. The molecule has 1 saturated heterocycles. The van der Waals surface area contributed by atoms with Crippen LogP contribution in [0.25, 0.3) is 10.9 Å². The Morgan fingerprint density at radius 2 is 2.00 bits per heavy atom. The van der Waals surface area contributed by atoms with E-state index in [1.165, 1.54) is 18.3 Å². The van der Waals surface area contributed by atoms with Crippen LogP contribution in [0.15, 0.2) is 60.8 Å². The molecule has 1 amide bonds. The molecule has 5 rings (SSSR count). The summed E-state index contributed by atoms with van der Waals surface area (Å²) in [7, 11) is -1.95. The number of nitrogens with one attached hydrogen (secondary N) is 2. The van der Waals surface area contributed by atoms with Crippen LogP contribution in [0.3, 0.4) is 0 Å². The van der Waals surface area contributed by atoms with Crippen molar-refractivity contribution >= 4 is 65.1 Å². The summed E-state index contributed by atoms with van der Waals surface area (Å²) in [5.41, 5.74) is 2.99. The fourth-order valence-corrected chi connectivity index (χ4v) is 9.43. The molecule has 0 saturated carbocycles. The summed E-state index contributed by atoms with van der Waals surface area (Å²) in [6, 6.07) is 16.8. The van der Waals surface area contributed by atoms with E-state index in [9.17, 15) is 22.9 Å². The Kier molecular flexibility index (Phi) is 10.9. The standard InChI is InChI=1S/C33H32ClFN4O5S2/c1-2-43-31-17-28-26(16-29(31)39-32(40)9-4-3-8-25-12-13-46(41,42)45-25)33(22(18-36)19-37-28)38-24-10-11-30(27(34)15-24)44-20-21-6-5-7-23(35)14-21/h5-7,10-11,14-17,19,25H,2-4,8-9,12-13,20H2,1H3,(H,37,38)(H,39,40). The fourth-order valence-electron chi connectivity index (χ4n) is 5.08. The van der Waals surface area contributed by atoms with E-state index in [1.807, 2.05) is 6.92 Å². The van der Waals surface area contributed by atoms with Gasteiger partial charge < -0.3 is 20.1 Å². The second-order valence-corrected chi connectivity index (χ2v) is 15.6. The number of anilines is 3. The molecule has 240 valence electrons. The van der Waals surface area contributed by atoms with E-state index in [2.05, 4.69) is 21.7 Å². The van der Waals surface area contributed by atoms with Crippen molar-refractivity contribution < 1.29 is 27.1 Å². The highest BCUT2D eigenvalue weighted by molar-refractivity contribution is 8.72. The minimum atomic E-state index is -2.99. The predicted octanol–water partition coefficient (Wildman–Crippen LogP) is 7.95. The second kappa shape index (κ2) is 15.0. The van der Waals surface area contributed by atoms with Gasteiger partial charge in [0.1, 0.15) is 30.0 Å². The number of halogens is 2. The van der Waals surface area contributed by atoms with Crippen LogP contribution in [0.2, 0.25) is 5.02 Å². The summed E-state index contributed by atoms with van der Waals surface area (Å²) in [6.45, 7) is 2.34. The summed E-state index contributed by atoms with van der Waals surface area (Å²) in [5.74, 6) is 0.522. The van der Waals surface area contributed by atoms with Crippen molar-refractivity contribution in [3.8, 4) is 17.6 Å². The predicted molar refractivity (Wildman–Crippen MR) is 180 cm³/mol. The number of hydrogen-bond donors (Lipinski definition) is 2. The number of carbonyl (C=O) groups is 1. The number of aromatic nitrogens is 1. The molecule has 0 bridgehead atoms. The molecule has 1 fully saturated rings. The molecule has 1 aliphatic heterocycles. The van der Waals surface area contributed by atoms with Crippen molar-refractivity contribution in [1.29, 1.82) is 5.26 Å². The average Bonchev–Trinajstić information content (AvgIpc) is 3.37. The molecule has 0 spiro atoms. The topological polar surface area (TPSA) is 130 Å². The molecule has 13 heteroatoms. The van der Waals surface area contributed by atoms with Gasteiger partial charge in [0.05, 0.1) is 39.8 Å². The first-order chi connectivity index (χ1) is 22.1. The average molecular weight is 683 g/mol. The van der Waals surface area contributed by atoms with E-state index in [-0.39, 0.29) is 41.3 Å². The van der Waals surface area contributed by atoms with E-state index in [0.717, 1.165) is 23.6 Å². The SMILES string of the molecule is CCOc1cc2ncc(C#N)c(Nc3ccc(OCc4cccc(F)c4)c(Cl)c3)c2cc1NC(=O)CCCCC1CCS(=O)(=O)S1. The number of amides is 1. The number of rotatable bonds is 13. The van der Waals surface area contributed by atoms with Gasteiger partial charge in [-0.05, 0) is 78.9 Å². The van der Waals surface area contributed by atoms with Gasteiger partial charge in [0.15, 0.2) is 0 Å². The third-order valence-electron chi connectivity index (χ3n) is 7.30. The number of fused-ring (bicyclic) bond motifs is 1. The van der Waals surface area contributed by atoms with Gasteiger partial charge in [-0.15, -0.1) is 0 Å². The zero-order chi connectivity index (χ0) is 32.7. The lowest BCUT2D eigenvalue weighted by molar-refractivity contribution is -0.116. The number of unbranched alkanes of at least 4 members (excludes halogenated alkanes) is 1. The van der Waals surface area contributed by atoms with Crippen molar-refractivity contribution in [3.05, 3.63) is 82.8 Å². The first-order valence-corrected chi connectivity index (χ1v) is 18.2. The second-order valence-electron chi connectivity index (χ2n) is 10.7. The van der Waals surface area contributed by atoms with E-state index in [1.54, 1.807) is 42.5 Å². The summed E-state index contributed by atoms with van der Waals surface area (Å²) < 4.78 is 48.5. The van der Waals surface area contributed by atoms with Crippen molar-refractivity contribution in [2.45, 2.75) is 50.9 Å². The Labute approximate surface area is 275 Å². The van der Waals surface area contributed by atoms with Crippen molar-refractivity contribution in [2.75, 3.05) is 23.0 Å². The van der Waals surface area contributed by atoms with Crippen LogP contribution < -0.4 is 20.1 Å². The van der Waals surface area contributed by atoms with Gasteiger partial charge >= 0.3 is 0 Å². The lowest BCUT2D eigenvalue weighted by atomic mass is 10.1. The number of nitriles is 1. The highest BCUT2D eigenvalue weighted by Crippen LogP contribution is 2.38. The molecule has 2 heterocycles. The number of benzene rings is 3. The Hall–Kier alpha value is -4.05. The van der Waals surface area contributed by atoms with Gasteiger partial charge in [-0.3, -0.25) is 9.78 Å². The van der Waals surface area contributed by atoms with E-state index in [0.29, 0.717) is 69.5 Å². The highest BCUT2D eigenvalue weighted by Gasteiger charge is 2.28. The third kappa shape index (κ3) is 8.60. The molecule has 0 radical (unpaired) electrons. The molecule has 4 aromatic rings. The summed E-state index contributed by atoms with van der Waals surface area (Å²) in [6.07, 6.45) is 4.50. The molecule has 3 aromatic carbocycles. The fraction of sp³-hybridized carbons (Fsp3) is 0.303. The van der Waals surface area contributed by atoms with Crippen LogP contribution in [-0.4, -0.2) is 36.9 Å². The normalized spacial score (nSPS) is 15.3. The van der Waals surface area contributed by atoms with Crippen LogP contribution in [0.5, 0.6) is 11.5 Å². The Morgan fingerprint density at radius 1 is 1.15 bits per heavy atom. The minimum Gasteiger partial charge on any atom is -0.492 e. The number of nitrogens with zero attached hydrogens (tertiary/aromatic N) is 2. The molecule has 1 aliphatic rings. The zero-order valence-electron chi connectivity index (χ0n) is 25.0. The number of pyridine rings is 1. The Balaban J connectivity index is 1.32. The van der Waals surface area contributed by atoms with E-state index < -0.39 is 8.87 Å². The molecule has 2 N–H and O–H groups in total. The molecule has 46 heavy (non-hydrogen) atoms. The van der Waals surface area contributed by atoms with Crippen molar-refractivity contribution in [1.82, 2.24) is 4.98 Å². The van der Waals surface area contributed by atoms with Crippen LogP contribution in [0.1, 0.15) is 50.2 Å². The summed E-state index contributed by atoms with van der Waals surface area (Å²) in [4.78, 5) is 17.4. The van der Waals surface area contributed by atoms with Gasteiger partial charge in [-0.2, -0.15) is 5.26 Å². The molecule has 1 unspecified atom stereocenters. The molecule has 1 aromatic heterocycles. The van der Waals surface area contributed by atoms with Crippen molar-refractivity contribution in [3.63, 3.8) is 0 Å². The smallest absolute Gasteiger partial charge is 0.224 e. The lowest BCUT2D eigenvalue weighted by Gasteiger charge is -2.17. The van der Waals surface area contributed by atoms with Gasteiger partial charge in [0.25, 0.3) is 0 Å². The number of ether oxygens (including phenoxy) is 2. The first-order valence-electron chi connectivity index (χ1n) is 14.8. The number of carbonyl (C=O) groups excluding carboxylic acids is 1. The summed E-state index contributed by atoms with van der Waals surface area (Å²) in [5, 5.41) is 17.1. The van der Waals surface area contributed by atoms with Crippen LogP contribution in [-0.2, 0) is 20.3 Å². The zero-order valence-corrected chi connectivity index (χ0v) is 27.4. The van der Waals surface area contributed by atoms with E-state index in [4.69, 9.17) is 21.1 Å². The Morgan fingerprint density at radius 3 is 2.72 bits per heavy atom. The van der Waals surface area contributed by atoms with Gasteiger partial charge in [0, 0.05) is 35.0 Å². The summed E-state index contributed by atoms with van der Waals surface area (Å²) >= 11 is 6.52. The number of hydrogen-bond acceptors (Lipinski definition) is 9. The first kappa shape index (κ1) is 33.3. The van der Waals surface area contributed by atoms with Crippen LogP contribution in [0.4, 0.5) is 21.5 Å². The van der Waals surface area contributed by atoms with Gasteiger partial charge in [0.2, 0.25) is 14.8 Å².